The number of ether oxygens (including phenoxy) is 1. The van der Waals surface area contributed by atoms with Gasteiger partial charge in [0.25, 0.3) is 5.91 Å². The van der Waals surface area contributed by atoms with E-state index in [0.29, 0.717) is 31.6 Å². The van der Waals surface area contributed by atoms with E-state index < -0.39 is 5.66 Å². The van der Waals surface area contributed by atoms with Crippen LogP contribution in [0, 0.1) is 12.3 Å². The number of carbonyl (C=O) groups is 2. The number of carbonyl (C=O) groups excluding carboxylic acids is 2. The lowest BCUT2D eigenvalue weighted by molar-refractivity contribution is -0.123. The van der Waals surface area contributed by atoms with Crippen LogP contribution >= 0.6 is 0 Å². The lowest BCUT2D eigenvalue weighted by atomic mass is 10.0. The van der Waals surface area contributed by atoms with Gasteiger partial charge in [-0.25, -0.2) is 0 Å². The van der Waals surface area contributed by atoms with Gasteiger partial charge < -0.3 is 15.0 Å². The zero-order chi connectivity index (χ0) is 18.4. The Hall–Kier alpha value is -2.88. The number of terminal acetylenes is 1. The second kappa shape index (κ2) is 8.00. The molecule has 7 heteroatoms. The summed E-state index contributed by atoms with van der Waals surface area (Å²) in [5.74, 6) is 3.05. The largest absolute Gasteiger partial charge is 0.484 e. The van der Waals surface area contributed by atoms with Gasteiger partial charge in [0.05, 0.1) is 0 Å². The minimum atomic E-state index is -0.392. The first-order chi connectivity index (χ1) is 12.6. The maximum Gasteiger partial charge on any atom is 0.257 e. The number of nitrogens with zero attached hydrogens (tertiary/aromatic N) is 3. The summed E-state index contributed by atoms with van der Waals surface area (Å²) in [4.78, 5) is 25.5. The van der Waals surface area contributed by atoms with Gasteiger partial charge in [-0.05, 0) is 18.6 Å². The standard InChI is InChI=1S/C19H22N4O3/c1-2-3-9-19(21-22-19)10-11-20-17(24)14-26-16-7-4-6-15(13-16)23-12-5-8-18(23)25/h1,4,6-7,13H,3,5,8-12,14H2,(H,20,24). The Kier molecular flexibility index (Phi) is 5.52. The van der Waals surface area contributed by atoms with E-state index in [-0.39, 0.29) is 18.4 Å². The highest BCUT2D eigenvalue weighted by molar-refractivity contribution is 5.95. The number of benzene rings is 1. The third-order valence-corrected chi connectivity index (χ3v) is 4.47. The van der Waals surface area contributed by atoms with Crippen LogP contribution in [0.1, 0.15) is 32.1 Å². The van der Waals surface area contributed by atoms with Crippen LogP contribution in [0.15, 0.2) is 34.5 Å². The molecule has 0 aliphatic carbocycles. The normalized spacial score (nSPS) is 17.0. The third-order valence-electron chi connectivity index (χ3n) is 4.47. The molecule has 1 aromatic carbocycles. The first-order valence-corrected chi connectivity index (χ1v) is 8.79. The molecule has 0 radical (unpaired) electrons. The smallest absolute Gasteiger partial charge is 0.257 e. The second-order valence-corrected chi connectivity index (χ2v) is 6.42. The molecule has 0 spiro atoms. The van der Waals surface area contributed by atoms with Gasteiger partial charge in [0.15, 0.2) is 12.3 Å². The van der Waals surface area contributed by atoms with E-state index >= 15 is 0 Å². The number of rotatable bonds is 9. The molecule has 3 rings (SSSR count). The summed E-state index contributed by atoms with van der Waals surface area (Å²) in [6.45, 7) is 1.12. The number of nitrogens with one attached hydrogen (secondary N) is 1. The van der Waals surface area contributed by atoms with Crippen molar-refractivity contribution in [3.05, 3.63) is 24.3 Å². The summed E-state index contributed by atoms with van der Waals surface area (Å²) in [6.07, 6.45) is 8.69. The van der Waals surface area contributed by atoms with Crippen LogP contribution in [0.25, 0.3) is 0 Å². The Morgan fingerprint density at radius 2 is 2.23 bits per heavy atom. The van der Waals surface area contributed by atoms with Gasteiger partial charge in [0.1, 0.15) is 5.75 Å². The molecule has 2 amide bonds. The highest BCUT2D eigenvalue weighted by Gasteiger charge is 2.38. The van der Waals surface area contributed by atoms with Crippen molar-refractivity contribution in [1.29, 1.82) is 0 Å². The summed E-state index contributed by atoms with van der Waals surface area (Å²) < 4.78 is 5.54. The van der Waals surface area contributed by atoms with Gasteiger partial charge in [0, 0.05) is 50.5 Å². The van der Waals surface area contributed by atoms with Crippen molar-refractivity contribution < 1.29 is 14.3 Å². The van der Waals surface area contributed by atoms with E-state index in [2.05, 4.69) is 21.5 Å². The monoisotopic (exact) mass is 354 g/mol. The van der Waals surface area contributed by atoms with E-state index in [1.165, 1.54) is 0 Å². The lowest BCUT2D eigenvalue weighted by Crippen LogP contribution is -2.32. The van der Waals surface area contributed by atoms with Gasteiger partial charge >= 0.3 is 0 Å². The number of amides is 2. The summed E-state index contributed by atoms with van der Waals surface area (Å²) in [7, 11) is 0. The minimum absolute atomic E-state index is 0.0803. The van der Waals surface area contributed by atoms with Crippen molar-refractivity contribution in [2.75, 3.05) is 24.6 Å². The summed E-state index contributed by atoms with van der Waals surface area (Å²) in [5.41, 5.74) is 0.412. The fraction of sp³-hybridized carbons (Fsp3) is 0.474. The molecule has 0 bridgehead atoms. The Morgan fingerprint density at radius 1 is 1.38 bits per heavy atom. The zero-order valence-corrected chi connectivity index (χ0v) is 14.6. The van der Waals surface area contributed by atoms with Gasteiger partial charge in [-0.1, -0.05) is 6.07 Å². The molecule has 0 unspecified atom stereocenters. The van der Waals surface area contributed by atoms with Crippen LogP contribution in [0.3, 0.4) is 0 Å². The average molecular weight is 354 g/mol. The Balaban J connectivity index is 1.41. The van der Waals surface area contributed by atoms with Gasteiger partial charge in [-0.15, -0.1) is 12.3 Å². The van der Waals surface area contributed by atoms with Crippen LogP contribution in [-0.4, -0.2) is 37.2 Å². The Morgan fingerprint density at radius 3 is 2.92 bits per heavy atom. The highest BCUT2D eigenvalue weighted by Crippen LogP contribution is 2.36. The molecule has 26 heavy (non-hydrogen) atoms. The van der Waals surface area contributed by atoms with E-state index in [9.17, 15) is 9.59 Å². The maximum absolute atomic E-state index is 11.9. The van der Waals surface area contributed by atoms with Gasteiger partial charge in [-0.2, -0.15) is 10.2 Å². The molecule has 7 nitrogen and oxygen atoms in total. The van der Waals surface area contributed by atoms with Gasteiger partial charge in [0.2, 0.25) is 5.91 Å². The number of hydrogen-bond donors (Lipinski definition) is 1. The summed E-state index contributed by atoms with van der Waals surface area (Å²) >= 11 is 0. The van der Waals surface area contributed by atoms with Crippen LogP contribution in [0.2, 0.25) is 0 Å². The molecule has 2 aliphatic rings. The lowest BCUT2D eigenvalue weighted by Gasteiger charge is -2.16. The summed E-state index contributed by atoms with van der Waals surface area (Å²) in [6, 6.07) is 7.25. The molecule has 0 atom stereocenters. The molecule has 2 aliphatic heterocycles. The van der Waals surface area contributed by atoms with Crippen LogP contribution in [-0.2, 0) is 9.59 Å². The zero-order valence-electron chi connectivity index (χ0n) is 14.6. The molecule has 136 valence electrons. The topological polar surface area (TPSA) is 83.4 Å². The fourth-order valence-corrected chi connectivity index (χ4v) is 2.93. The number of anilines is 1. The van der Waals surface area contributed by atoms with Crippen molar-refractivity contribution in [3.8, 4) is 18.1 Å². The maximum atomic E-state index is 11.9. The van der Waals surface area contributed by atoms with Gasteiger partial charge in [-0.3, -0.25) is 9.59 Å². The minimum Gasteiger partial charge on any atom is -0.484 e. The average Bonchev–Trinajstić information content (AvgIpc) is 3.29. The molecule has 0 saturated carbocycles. The molecular formula is C19H22N4O3. The third kappa shape index (κ3) is 4.60. The quantitative estimate of drug-likeness (QED) is 0.691. The Bertz CT molecular complexity index is 747. The van der Waals surface area contributed by atoms with Crippen molar-refractivity contribution in [1.82, 2.24) is 5.32 Å². The predicted molar refractivity (Wildman–Crippen MR) is 96.8 cm³/mol. The van der Waals surface area contributed by atoms with E-state index in [4.69, 9.17) is 11.2 Å². The molecule has 1 saturated heterocycles. The first kappa shape index (κ1) is 17.9. The van der Waals surface area contributed by atoms with Crippen molar-refractivity contribution in [3.63, 3.8) is 0 Å². The molecule has 1 N–H and O–H groups in total. The van der Waals surface area contributed by atoms with Crippen LogP contribution in [0.5, 0.6) is 5.75 Å². The SMILES string of the molecule is C#CCCC1(CCNC(=O)COc2cccc(N3CCCC3=O)c2)N=N1. The second-order valence-electron chi connectivity index (χ2n) is 6.42. The Labute approximate surface area is 152 Å². The number of hydrogen-bond acceptors (Lipinski definition) is 5. The molecule has 1 fully saturated rings. The first-order valence-electron chi connectivity index (χ1n) is 8.79. The molecule has 1 aromatic rings. The predicted octanol–water partition coefficient (Wildman–Crippen LogP) is 2.27. The highest BCUT2D eigenvalue weighted by atomic mass is 16.5. The van der Waals surface area contributed by atoms with E-state index in [1.807, 2.05) is 12.1 Å². The molecule has 2 heterocycles. The fourth-order valence-electron chi connectivity index (χ4n) is 2.93. The van der Waals surface area contributed by atoms with Crippen molar-refractivity contribution in [2.24, 2.45) is 10.2 Å². The van der Waals surface area contributed by atoms with Crippen molar-refractivity contribution in [2.45, 2.75) is 37.8 Å². The van der Waals surface area contributed by atoms with E-state index in [1.54, 1.807) is 17.0 Å². The van der Waals surface area contributed by atoms with Crippen molar-refractivity contribution >= 4 is 17.5 Å². The van der Waals surface area contributed by atoms with E-state index in [0.717, 1.165) is 25.1 Å². The molecule has 0 aromatic heterocycles. The summed E-state index contributed by atoms with van der Waals surface area (Å²) in [5, 5.41) is 10.9. The van der Waals surface area contributed by atoms with Crippen LogP contribution < -0.4 is 15.0 Å². The van der Waals surface area contributed by atoms with Crippen LogP contribution in [0.4, 0.5) is 5.69 Å². The molecular weight excluding hydrogens is 332 g/mol.